The number of hydrogen-bond donors (Lipinski definition) is 2. The predicted molar refractivity (Wildman–Crippen MR) is 71.4 cm³/mol. The highest BCUT2D eigenvalue weighted by molar-refractivity contribution is 6.04. The summed E-state index contributed by atoms with van der Waals surface area (Å²) in [5.74, 6) is -0.759. The Morgan fingerprint density at radius 2 is 2.21 bits per heavy atom. The zero-order chi connectivity index (χ0) is 14.0. The van der Waals surface area contributed by atoms with Crippen molar-refractivity contribution in [2.75, 3.05) is 11.1 Å². The van der Waals surface area contributed by atoms with E-state index in [0.717, 1.165) is 11.8 Å². The molecular weight excluding hydrogens is 247 g/mol. The van der Waals surface area contributed by atoms with Crippen LogP contribution in [0.4, 0.5) is 15.8 Å². The van der Waals surface area contributed by atoms with Crippen molar-refractivity contribution in [1.82, 2.24) is 9.78 Å². The maximum absolute atomic E-state index is 12.9. The minimum atomic E-state index is -0.440. The van der Waals surface area contributed by atoms with Crippen LogP contribution in [0.15, 0.2) is 24.3 Å². The first-order valence-corrected chi connectivity index (χ1v) is 5.92. The molecule has 0 atom stereocenters. The van der Waals surface area contributed by atoms with E-state index in [1.807, 2.05) is 13.8 Å². The Kier molecular flexibility index (Phi) is 3.50. The number of aromatic nitrogens is 2. The SMILES string of the molecule is CCn1nc(C)cc1C(=O)Nc1ccc(F)cc1N. The van der Waals surface area contributed by atoms with Gasteiger partial charge in [0.05, 0.1) is 17.1 Å². The van der Waals surface area contributed by atoms with Gasteiger partial charge in [-0.2, -0.15) is 5.10 Å². The zero-order valence-electron chi connectivity index (χ0n) is 10.8. The lowest BCUT2D eigenvalue weighted by molar-refractivity contribution is 0.101. The number of benzene rings is 1. The smallest absolute Gasteiger partial charge is 0.273 e. The Balaban J connectivity index is 2.25. The molecular formula is C13H15FN4O. The summed E-state index contributed by atoms with van der Waals surface area (Å²) in [4.78, 5) is 12.1. The quantitative estimate of drug-likeness (QED) is 0.833. The average Bonchev–Trinajstić information content (AvgIpc) is 2.74. The number of nitrogens with zero attached hydrogens (tertiary/aromatic N) is 2. The molecule has 0 unspecified atom stereocenters. The van der Waals surface area contributed by atoms with Gasteiger partial charge in [-0.1, -0.05) is 0 Å². The van der Waals surface area contributed by atoms with Crippen molar-refractivity contribution in [3.8, 4) is 0 Å². The van der Waals surface area contributed by atoms with Crippen molar-refractivity contribution >= 4 is 17.3 Å². The summed E-state index contributed by atoms with van der Waals surface area (Å²) >= 11 is 0. The highest BCUT2D eigenvalue weighted by atomic mass is 19.1. The van der Waals surface area contributed by atoms with E-state index >= 15 is 0 Å². The Hall–Kier alpha value is -2.37. The van der Waals surface area contributed by atoms with Crippen LogP contribution in [0.3, 0.4) is 0 Å². The van der Waals surface area contributed by atoms with Gasteiger partial charge in [0.15, 0.2) is 0 Å². The summed E-state index contributed by atoms with van der Waals surface area (Å²) in [6, 6.07) is 5.53. The van der Waals surface area contributed by atoms with Crippen LogP contribution in [0.2, 0.25) is 0 Å². The Morgan fingerprint density at radius 1 is 1.47 bits per heavy atom. The second-order valence-corrected chi connectivity index (χ2v) is 4.17. The molecule has 0 saturated carbocycles. The van der Waals surface area contributed by atoms with Crippen LogP contribution >= 0.6 is 0 Å². The lowest BCUT2D eigenvalue weighted by atomic mass is 10.2. The molecule has 3 N–H and O–H groups in total. The minimum Gasteiger partial charge on any atom is -0.397 e. The molecule has 1 heterocycles. The zero-order valence-corrected chi connectivity index (χ0v) is 10.8. The molecule has 6 heteroatoms. The van der Waals surface area contributed by atoms with Gasteiger partial charge in [-0.15, -0.1) is 0 Å². The van der Waals surface area contributed by atoms with Gasteiger partial charge in [0, 0.05) is 6.54 Å². The molecule has 0 radical (unpaired) electrons. The van der Waals surface area contributed by atoms with Crippen molar-refractivity contribution < 1.29 is 9.18 Å². The molecule has 100 valence electrons. The van der Waals surface area contributed by atoms with Crippen LogP contribution in [0.25, 0.3) is 0 Å². The summed E-state index contributed by atoms with van der Waals surface area (Å²) < 4.78 is 14.5. The molecule has 0 saturated heterocycles. The number of nitrogens with one attached hydrogen (secondary N) is 1. The molecule has 0 spiro atoms. The van der Waals surface area contributed by atoms with E-state index in [2.05, 4.69) is 10.4 Å². The summed E-state index contributed by atoms with van der Waals surface area (Å²) in [5, 5.41) is 6.84. The molecule has 1 aromatic carbocycles. The first-order valence-electron chi connectivity index (χ1n) is 5.92. The average molecular weight is 262 g/mol. The summed E-state index contributed by atoms with van der Waals surface area (Å²) in [6.07, 6.45) is 0. The van der Waals surface area contributed by atoms with E-state index in [9.17, 15) is 9.18 Å². The van der Waals surface area contributed by atoms with Crippen LogP contribution in [0, 0.1) is 12.7 Å². The van der Waals surface area contributed by atoms with Crippen LogP contribution in [-0.4, -0.2) is 15.7 Å². The van der Waals surface area contributed by atoms with Crippen molar-refractivity contribution in [2.45, 2.75) is 20.4 Å². The number of anilines is 2. The van der Waals surface area contributed by atoms with E-state index in [1.54, 1.807) is 10.7 Å². The second-order valence-electron chi connectivity index (χ2n) is 4.17. The van der Waals surface area contributed by atoms with Crippen molar-refractivity contribution in [1.29, 1.82) is 0 Å². The van der Waals surface area contributed by atoms with Gasteiger partial charge < -0.3 is 11.1 Å². The number of halogens is 1. The Morgan fingerprint density at radius 3 is 2.84 bits per heavy atom. The van der Waals surface area contributed by atoms with Gasteiger partial charge in [0.25, 0.3) is 5.91 Å². The summed E-state index contributed by atoms with van der Waals surface area (Å²) in [5.41, 5.74) is 7.43. The van der Waals surface area contributed by atoms with E-state index in [1.165, 1.54) is 12.1 Å². The van der Waals surface area contributed by atoms with Gasteiger partial charge in [-0.05, 0) is 38.1 Å². The molecule has 0 bridgehead atoms. The molecule has 2 rings (SSSR count). The fourth-order valence-corrected chi connectivity index (χ4v) is 1.80. The first kappa shape index (κ1) is 13.1. The first-order chi connectivity index (χ1) is 9.01. The highest BCUT2D eigenvalue weighted by Gasteiger charge is 2.14. The van der Waals surface area contributed by atoms with Crippen LogP contribution in [0.5, 0.6) is 0 Å². The largest absolute Gasteiger partial charge is 0.397 e. The molecule has 1 amide bonds. The number of carbonyl (C=O) groups excluding carboxylic acids is 1. The maximum atomic E-state index is 12.9. The lowest BCUT2D eigenvalue weighted by Gasteiger charge is -2.09. The van der Waals surface area contributed by atoms with Gasteiger partial charge in [0.2, 0.25) is 0 Å². The standard InChI is InChI=1S/C13H15FN4O/c1-3-18-12(6-8(2)17-18)13(19)16-11-5-4-9(14)7-10(11)15/h4-7H,3,15H2,1-2H3,(H,16,19). The number of nitrogens with two attached hydrogens (primary N) is 1. The third-order valence-electron chi connectivity index (χ3n) is 2.70. The fourth-order valence-electron chi connectivity index (χ4n) is 1.80. The second kappa shape index (κ2) is 5.09. The fraction of sp³-hybridized carbons (Fsp3) is 0.231. The number of amides is 1. The summed E-state index contributed by atoms with van der Waals surface area (Å²) in [7, 11) is 0. The topological polar surface area (TPSA) is 72.9 Å². The van der Waals surface area contributed by atoms with Crippen molar-refractivity contribution in [3.63, 3.8) is 0 Å². The summed E-state index contributed by atoms with van der Waals surface area (Å²) in [6.45, 7) is 4.31. The molecule has 2 aromatic rings. The molecule has 0 aliphatic heterocycles. The Labute approximate surface area is 110 Å². The van der Waals surface area contributed by atoms with E-state index in [-0.39, 0.29) is 11.6 Å². The highest BCUT2D eigenvalue weighted by Crippen LogP contribution is 2.20. The third kappa shape index (κ3) is 2.73. The van der Waals surface area contributed by atoms with Crippen molar-refractivity contribution in [3.05, 3.63) is 41.5 Å². The monoisotopic (exact) mass is 262 g/mol. The number of carbonyl (C=O) groups is 1. The third-order valence-corrected chi connectivity index (χ3v) is 2.70. The van der Waals surface area contributed by atoms with E-state index < -0.39 is 5.82 Å². The molecule has 5 nitrogen and oxygen atoms in total. The predicted octanol–water partition coefficient (Wildman–Crippen LogP) is 2.19. The van der Waals surface area contributed by atoms with Gasteiger partial charge >= 0.3 is 0 Å². The van der Waals surface area contributed by atoms with Crippen LogP contribution < -0.4 is 11.1 Å². The van der Waals surface area contributed by atoms with E-state index in [0.29, 0.717) is 17.9 Å². The van der Waals surface area contributed by atoms with Crippen molar-refractivity contribution in [2.24, 2.45) is 0 Å². The Bertz CT molecular complexity index is 621. The lowest BCUT2D eigenvalue weighted by Crippen LogP contribution is -2.18. The van der Waals surface area contributed by atoms with Gasteiger partial charge in [-0.25, -0.2) is 4.39 Å². The van der Waals surface area contributed by atoms with Gasteiger partial charge in [0.1, 0.15) is 11.5 Å². The van der Waals surface area contributed by atoms with Crippen LogP contribution in [0.1, 0.15) is 23.1 Å². The maximum Gasteiger partial charge on any atom is 0.273 e. The number of rotatable bonds is 3. The normalized spacial score (nSPS) is 10.5. The number of aryl methyl sites for hydroxylation is 2. The molecule has 1 aromatic heterocycles. The molecule has 19 heavy (non-hydrogen) atoms. The molecule has 0 aliphatic rings. The number of hydrogen-bond acceptors (Lipinski definition) is 3. The van der Waals surface area contributed by atoms with Crippen LogP contribution in [-0.2, 0) is 6.54 Å². The minimum absolute atomic E-state index is 0.188. The number of nitrogen functional groups attached to an aromatic ring is 1. The molecule has 0 aliphatic carbocycles. The molecule has 0 fully saturated rings. The van der Waals surface area contributed by atoms with Gasteiger partial charge in [-0.3, -0.25) is 9.48 Å². The van der Waals surface area contributed by atoms with E-state index in [4.69, 9.17) is 5.73 Å².